The summed E-state index contributed by atoms with van der Waals surface area (Å²) in [7, 11) is 0. The van der Waals surface area contributed by atoms with Crippen molar-refractivity contribution >= 4 is 33.1 Å². The van der Waals surface area contributed by atoms with Crippen LogP contribution in [0.4, 0.5) is 4.39 Å². The molecule has 0 aliphatic carbocycles. The molecule has 1 atom stereocenters. The quantitative estimate of drug-likeness (QED) is 0.657. The zero-order chi connectivity index (χ0) is 20.5. The maximum Gasteiger partial charge on any atom is 0.291 e. The highest BCUT2D eigenvalue weighted by molar-refractivity contribution is 7.16. The number of rotatable bonds is 6. The Morgan fingerprint density at radius 3 is 3.03 bits per heavy atom. The number of alkyl halides is 1. The van der Waals surface area contributed by atoms with Gasteiger partial charge in [0.15, 0.2) is 5.65 Å². The van der Waals surface area contributed by atoms with Gasteiger partial charge in [0.2, 0.25) is 5.91 Å². The molecule has 0 saturated carbocycles. The number of nitrogens with one attached hydrogen (secondary N) is 1. The number of likely N-dealkylation sites (tertiary alicyclic amines) is 1. The molecule has 3 aromatic rings. The molecular weight excluding hydrogens is 395 g/mol. The predicted octanol–water partition coefficient (Wildman–Crippen LogP) is 1.78. The molecule has 0 unspecified atom stereocenters. The van der Waals surface area contributed by atoms with Crippen molar-refractivity contribution in [1.29, 1.82) is 0 Å². The van der Waals surface area contributed by atoms with Crippen LogP contribution in [0.2, 0.25) is 0 Å². The zero-order valence-corrected chi connectivity index (χ0v) is 17.4. The van der Waals surface area contributed by atoms with Gasteiger partial charge in [0.25, 0.3) is 5.56 Å². The predicted molar refractivity (Wildman–Crippen MR) is 110 cm³/mol. The molecule has 1 fully saturated rings. The lowest BCUT2D eigenvalue weighted by Gasteiger charge is -2.32. The number of thiazole rings is 1. The van der Waals surface area contributed by atoms with E-state index in [1.165, 1.54) is 16.0 Å². The fourth-order valence-corrected chi connectivity index (χ4v) is 4.64. The van der Waals surface area contributed by atoms with Crippen molar-refractivity contribution in [3.63, 3.8) is 0 Å². The Morgan fingerprint density at radius 1 is 1.45 bits per heavy atom. The molecule has 0 radical (unpaired) electrons. The van der Waals surface area contributed by atoms with Crippen molar-refractivity contribution in [3.05, 3.63) is 27.8 Å². The highest BCUT2D eigenvalue weighted by Crippen LogP contribution is 2.24. The summed E-state index contributed by atoms with van der Waals surface area (Å²) < 4.78 is 16.6. The van der Waals surface area contributed by atoms with Crippen LogP contribution in [0.15, 0.2) is 16.4 Å². The fourth-order valence-electron chi connectivity index (χ4n) is 3.94. The third kappa shape index (κ3) is 3.91. The van der Waals surface area contributed by atoms with E-state index in [2.05, 4.69) is 15.4 Å². The number of hydrogen-bond acceptors (Lipinski definition) is 6. The van der Waals surface area contributed by atoms with E-state index in [0.29, 0.717) is 24.4 Å². The van der Waals surface area contributed by atoms with Crippen molar-refractivity contribution < 1.29 is 9.18 Å². The van der Waals surface area contributed by atoms with E-state index < -0.39 is 0 Å². The van der Waals surface area contributed by atoms with Crippen molar-refractivity contribution in [2.45, 2.75) is 45.2 Å². The highest BCUT2D eigenvalue weighted by atomic mass is 32.1. The van der Waals surface area contributed by atoms with E-state index in [4.69, 9.17) is 0 Å². The Kier molecular flexibility index (Phi) is 5.64. The normalized spacial score (nSPS) is 18.1. The monoisotopic (exact) mass is 420 g/mol. The number of carbonyl (C=O) groups is 1. The largest absolute Gasteiger partial charge is 0.350 e. The molecule has 0 bridgehead atoms. The van der Waals surface area contributed by atoms with Crippen LogP contribution < -0.4 is 10.9 Å². The number of nitrogens with zero attached hydrogens (tertiary/aromatic N) is 5. The van der Waals surface area contributed by atoms with Gasteiger partial charge in [-0.3, -0.25) is 18.9 Å². The van der Waals surface area contributed by atoms with Gasteiger partial charge in [-0.25, -0.2) is 14.1 Å². The molecule has 156 valence electrons. The van der Waals surface area contributed by atoms with E-state index in [9.17, 15) is 14.0 Å². The standard InChI is InChI=1S/C19H25FN6O2S/c1-12(2)17-23-25(19(28)14-8-15-18(26(14)17)21-11-29-15)10-16(27)22-13-4-3-6-24(9-13)7-5-20/h8,11-13H,3-7,9-10H2,1-2H3,(H,22,27)/t13-/m1/s1. The Morgan fingerprint density at radius 2 is 2.28 bits per heavy atom. The summed E-state index contributed by atoms with van der Waals surface area (Å²) in [6.45, 7) is 5.34. The van der Waals surface area contributed by atoms with Gasteiger partial charge in [-0.15, -0.1) is 11.3 Å². The van der Waals surface area contributed by atoms with Gasteiger partial charge >= 0.3 is 0 Å². The van der Waals surface area contributed by atoms with Gasteiger partial charge in [0.1, 0.15) is 24.6 Å². The minimum Gasteiger partial charge on any atom is -0.350 e. The van der Waals surface area contributed by atoms with Crippen molar-refractivity contribution in [1.82, 2.24) is 29.4 Å². The van der Waals surface area contributed by atoms with Crippen molar-refractivity contribution in [3.8, 4) is 0 Å². The Bertz CT molecular complexity index is 1090. The van der Waals surface area contributed by atoms with Gasteiger partial charge in [0, 0.05) is 25.0 Å². The molecule has 4 rings (SSSR count). The number of carbonyl (C=O) groups excluding carboxylic acids is 1. The van der Waals surface area contributed by atoms with E-state index >= 15 is 0 Å². The minimum atomic E-state index is -0.387. The van der Waals surface area contributed by atoms with Crippen LogP contribution in [-0.2, 0) is 11.3 Å². The molecule has 4 heterocycles. The summed E-state index contributed by atoms with van der Waals surface area (Å²) in [5.41, 5.74) is 2.65. The second-order valence-corrected chi connectivity index (χ2v) is 8.66. The molecule has 29 heavy (non-hydrogen) atoms. The van der Waals surface area contributed by atoms with E-state index in [1.54, 1.807) is 9.91 Å². The fraction of sp³-hybridized carbons (Fsp3) is 0.579. The van der Waals surface area contributed by atoms with E-state index in [1.807, 2.05) is 24.8 Å². The van der Waals surface area contributed by atoms with Crippen molar-refractivity contribution in [2.75, 3.05) is 26.3 Å². The highest BCUT2D eigenvalue weighted by Gasteiger charge is 2.23. The Labute approximate surface area is 171 Å². The summed E-state index contributed by atoms with van der Waals surface area (Å²) in [5.74, 6) is 0.495. The van der Waals surface area contributed by atoms with Crippen LogP contribution in [0.3, 0.4) is 0 Å². The molecule has 10 heteroatoms. The molecule has 0 spiro atoms. The summed E-state index contributed by atoms with van der Waals surface area (Å²) in [5, 5.41) is 7.47. The maximum atomic E-state index is 13.0. The molecule has 3 aromatic heterocycles. The molecule has 1 amide bonds. The summed E-state index contributed by atoms with van der Waals surface area (Å²) in [6, 6.07) is 1.78. The number of fused-ring (bicyclic) bond motifs is 3. The topological polar surface area (TPSA) is 84.5 Å². The molecule has 8 nitrogen and oxygen atoms in total. The molecular formula is C19H25FN6O2S. The summed E-state index contributed by atoms with van der Waals surface area (Å²) >= 11 is 1.47. The van der Waals surface area contributed by atoms with Gasteiger partial charge < -0.3 is 5.32 Å². The first-order valence-electron chi connectivity index (χ1n) is 9.91. The Hall–Kier alpha value is -2.33. The average molecular weight is 421 g/mol. The molecule has 1 saturated heterocycles. The lowest BCUT2D eigenvalue weighted by molar-refractivity contribution is -0.123. The molecule has 1 aliphatic heterocycles. The number of halogens is 1. The zero-order valence-electron chi connectivity index (χ0n) is 16.6. The lowest BCUT2D eigenvalue weighted by Crippen LogP contribution is -2.49. The van der Waals surface area contributed by atoms with E-state index in [-0.39, 0.29) is 36.6 Å². The number of amides is 1. The van der Waals surface area contributed by atoms with Crippen molar-refractivity contribution in [2.24, 2.45) is 0 Å². The first-order chi connectivity index (χ1) is 14.0. The first-order valence-corrected chi connectivity index (χ1v) is 10.8. The SMILES string of the molecule is CC(C)c1nn(CC(=O)N[C@@H]2CCCN(CCF)C2)c(=O)c2cc3scnc3n12. The molecule has 1 aliphatic rings. The number of piperidine rings is 1. The van der Waals surface area contributed by atoms with Gasteiger partial charge in [0.05, 0.1) is 10.2 Å². The number of aromatic nitrogens is 4. The van der Waals surface area contributed by atoms with Gasteiger partial charge in [-0.2, -0.15) is 5.10 Å². The third-order valence-electron chi connectivity index (χ3n) is 5.28. The smallest absolute Gasteiger partial charge is 0.291 e. The molecule has 0 aromatic carbocycles. The van der Waals surface area contributed by atoms with Crippen LogP contribution in [0.5, 0.6) is 0 Å². The maximum absolute atomic E-state index is 13.0. The van der Waals surface area contributed by atoms with Crippen LogP contribution in [0.1, 0.15) is 38.4 Å². The Balaban J connectivity index is 1.58. The lowest BCUT2D eigenvalue weighted by atomic mass is 10.1. The van der Waals surface area contributed by atoms with Gasteiger partial charge in [-0.1, -0.05) is 13.8 Å². The second kappa shape index (κ2) is 8.19. The van der Waals surface area contributed by atoms with E-state index in [0.717, 1.165) is 29.7 Å². The van der Waals surface area contributed by atoms with Crippen LogP contribution in [0.25, 0.3) is 15.9 Å². The first kappa shape index (κ1) is 20.0. The van der Waals surface area contributed by atoms with Crippen LogP contribution in [-0.4, -0.2) is 62.3 Å². The van der Waals surface area contributed by atoms with Crippen LogP contribution in [0, 0.1) is 0 Å². The second-order valence-electron chi connectivity index (χ2n) is 7.78. The average Bonchev–Trinajstić information content (AvgIpc) is 3.26. The summed E-state index contributed by atoms with van der Waals surface area (Å²) in [4.78, 5) is 32.0. The minimum absolute atomic E-state index is 0.0327. The number of hydrogen-bond donors (Lipinski definition) is 1. The van der Waals surface area contributed by atoms with Crippen LogP contribution >= 0.6 is 11.3 Å². The molecule has 1 N–H and O–H groups in total. The third-order valence-corrected chi connectivity index (χ3v) is 6.05. The summed E-state index contributed by atoms with van der Waals surface area (Å²) in [6.07, 6.45) is 1.77. The van der Waals surface area contributed by atoms with Gasteiger partial charge in [-0.05, 0) is 25.5 Å².